The molecule has 0 saturated heterocycles. The summed E-state index contributed by atoms with van der Waals surface area (Å²) in [6.45, 7) is 2.60. The van der Waals surface area contributed by atoms with E-state index in [0.717, 1.165) is 6.42 Å². The minimum absolute atomic E-state index is 0.0790. The fourth-order valence-electron chi connectivity index (χ4n) is 1.63. The Morgan fingerprint density at radius 1 is 1.62 bits per heavy atom. The zero-order chi connectivity index (χ0) is 9.84. The molecule has 3 nitrogen and oxygen atoms in total. The highest BCUT2D eigenvalue weighted by Gasteiger charge is 2.22. The number of rotatable bonds is 4. The lowest BCUT2D eigenvalue weighted by Crippen LogP contribution is -2.38. The Morgan fingerprint density at radius 3 is 2.62 bits per heavy atom. The fraction of sp³-hybridized carbons (Fsp3) is 0.900. The van der Waals surface area contributed by atoms with E-state index in [1.54, 1.807) is 4.90 Å². The molecular weight excluding hydrogens is 164 g/mol. The third-order valence-electron chi connectivity index (χ3n) is 2.68. The summed E-state index contributed by atoms with van der Waals surface area (Å²) < 4.78 is 0. The molecule has 0 aliphatic heterocycles. The van der Waals surface area contributed by atoms with Crippen molar-refractivity contribution in [2.75, 3.05) is 13.6 Å². The van der Waals surface area contributed by atoms with Gasteiger partial charge in [0.1, 0.15) is 0 Å². The van der Waals surface area contributed by atoms with Gasteiger partial charge in [0.2, 0.25) is 5.91 Å². The van der Waals surface area contributed by atoms with E-state index in [0.29, 0.717) is 12.5 Å². The van der Waals surface area contributed by atoms with Gasteiger partial charge in [0.15, 0.2) is 0 Å². The number of amides is 1. The number of nitrogens with zero attached hydrogens (tertiary/aromatic N) is 1. The standard InChI is InChI=1S/C10H20N2O/c1-8(11)7-12(2)10(13)6-9-4-3-5-9/h8-9H,3-7,11H2,1-2H3. The number of nitrogens with two attached hydrogens (primary N) is 1. The van der Waals surface area contributed by atoms with E-state index in [-0.39, 0.29) is 11.9 Å². The summed E-state index contributed by atoms with van der Waals surface area (Å²) >= 11 is 0. The van der Waals surface area contributed by atoms with Crippen LogP contribution in [0.3, 0.4) is 0 Å². The Balaban J connectivity index is 2.20. The second-order valence-electron chi connectivity index (χ2n) is 4.25. The van der Waals surface area contributed by atoms with Gasteiger partial charge < -0.3 is 10.6 Å². The molecular formula is C10H20N2O. The molecule has 1 rings (SSSR count). The Labute approximate surface area is 80.3 Å². The van der Waals surface area contributed by atoms with Crippen LogP contribution in [-0.4, -0.2) is 30.4 Å². The van der Waals surface area contributed by atoms with Crippen molar-refractivity contribution < 1.29 is 4.79 Å². The van der Waals surface area contributed by atoms with Gasteiger partial charge >= 0.3 is 0 Å². The van der Waals surface area contributed by atoms with E-state index in [1.165, 1.54) is 19.3 Å². The van der Waals surface area contributed by atoms with Crippen LogP contribution < -0.4 is 5.73 Å². The van der Waals surface area contributed by atoms with Crippen LogP contribution in [0.25, 0.3) is 0 Å². The SMILES string of the molecule is CC(N)CN(C)C(=O)CC1CCC1. The summed E-state index contributed by atoms with van der Waals surface area (Å²) in [6, 6.07) is 0.0790. The van der Waals surface area contributed by atoms with Crippen molar-refractivity contribution >= 4 is 5.91 Å². The molecule has 2 N–H and O–H groups in total. The lowest BCUT2D eigenvalue weighted by Gasteiger charge is -2.27. The van der Waals surface area contributed by atoms with Crippen LogP contribution in [-0.2, 0) is 4.79 Å². The predicted molar refractivity (Wildman–Crippen MR) is 53.2 cm³/mol. The highest BCUT2D eigenvalue weighted by atomic mass is 16.2. The molecule has 0 radical (unpaired) electrons. The molecule has 1 atom stereocenters. The molecule has 0 aromatic carbocycles. The van der Waals surface area contributed by atoms with E-state index in [4.69, 9.17) is 5.73 Å². The van der Waals surface area contributed by atoms with Gasteiger partial charge in [-0.15, -0.1) is 0 Å². The number of hydrogen-bond acceptors (Lipinski definition) is 2. The first kappa shape index (κ1) is 10.5. The van der Waals surface area contributed by atoms with Crippen molar-refractivity contribution in [2.24, 2.45) is 11.7 Å². The van der Waals surface area contributed by atoms with Crippen molar-refractivity contribution in [2.45, 2.75) is 38.6 Å². The van der Waals surface area contributed by atoms with Crippen LogP contribution in [0.2, 0.25) is 0 Å². The molecule has 0 heterocycles. The number of carbonyl (C=O) groups excluding carboxylic acids is 1. The van der Waals surface area contributed by atoms with Gasteiger partial charge in [-0.25, -0.2) is 0 Å². The Morgan fingerprint density at radius 2 is 2.23 bits per heavy atom. The maximum absolute atomic E-state index is 11.6. The lowest BCUT2D eigenvalue weighted by molar-refractivity contribution is -0.131. The monoisotopic (exact) mass is 184 g/mol. The molecule has 0 bridgehead atoms. The number of carbonyl (C=O) groups is 1. The van der Waals surface area contributed by atoms with Crippen LogP contribution in [0, 0.1) is 5.92 Å². The molecule has 1 amide bonds. The zero-order valence-corrected chi connectivity index (χ0v) is 8.62. The zero-order valence-electron chi connectivity index (χ0n) is 8.62. The first-order valence-electron chi connectivity index (χ1n) is 5.09. The second kappa shape index (κ2) is 4.61. The molecule has 0 spiro atoms. The van der Waals surface area contributed by atoms with Gasteiger partial charge in [0, 0.05) is 26.1 Å². The molecule has 1 fully saturated rings. The van der Waals surface area contributed by atoms with Crippen LogP contribution in [0.15, 0.2) is 0 Å². The summed E-state index contributed by atoms with van der Waals surface area (Å²) in [4.78, 5) is 13.3. The molecule has 1 saturated carbocycles. The van der Waals surface area contributed by atoms with Gasteiger partial charge in [0.05, 0.1) is 0 Å². The minimum Gasteiger partial charge on any atom is -0.344 e. The Hall–Kier alpha value is -0.570. The Bertz CT molecular complexity index is 176. The third-order valence-corrected chi connectivity index (χ3v) is 2.68. The number of likely N-dealkylation sites (N-methyl/N-ethyl adjacent to an activating group) is 1. The van der Waals surface area contributed by atoms with E-state index in [2.05, 4.69) is 0 Å². The average Bonchev–Trinajstić information content (AvgIpc) is 1.94. The number of hydrogen-bond donors (Lipinski definition) is 1. The molecule has 1 aliphatic carbocycles. The quantitative estimate of drug-likeness (QED) is 0.708. The van der Waals surface area contributed by atoms with Gasteiger partial charge in [0.25, 0.3) is 0 Å². The van der Waals surface area contributed by atoms with Crippen molar-refractivity contribution in [3.05, 3.63) is 0 Å². The van der Waals surface area contributed by atoms with Crippen molar-refractivity contribution in [3.63, 3.8) is 0 Å². The predicted octanol–water partition coefficient (Wildman–Crippen LogP) is 0.982. The first-order valence-corrected chi connectivity index (χ1v) is 5.09. The summed E-state index contributed by atoms with van der Waals surface area (Å²) in [7, 11) is 1.84. The van der Waals surface area contributed by atoms with Crippen molar-refractivity contribution in [1.29, 1.82) is 0 Å². The normalized spacial score (nSPS) is 19.3. The minimum atomic E-state index is 0.0790. The van der Waals surface area contributed by atoms with Crippen LogP contribution in [0.4, 0.5) is 0 Å². The molecule has 76 valence electrons. The van der Waals surface area contributed by atoms with Crippen LogP contribution >= 0.6 is 0 Å². The second-order valence-corrected chi connectivity index (χ2v) is 4.25. The van der Waals surface area contributed by atoms with Gasteiger partial charge in [-0.05, 0) is 25.7 Å². The lowest BCUT2D eigenvalue weighted by atomic mass is 9.83. The summed E-state index contributed by atoms with van der Waals surface area (Å²) in [5, 5.41) is 0. The van der Waals surface area contributed by atoms with E-state index in [9.17, 15) is 4.79 Å². The smallest absolute Gasteiger partial charge is 0.222 e. The molecule has 0 aromatic heterocycles. The maximum atomic E-state index is 11.6. The van der Waals surface area contributed by atoms with Crippen molar-refractivity contribution in [1.82, 2.24) is 4.90 Å². The first-order chi connectivity index (χ1) is 6.09. The van der Waals surface area contributed by atoms with Gasteiger partial charge in [-0.2, -0.15) is 0 Å². The van der Waals surface area contributed by atoms with Crippen LogP contribution in [0.5, 0.6) is 0 Å². The Kier molecular flexibility index (Phi) is 3.72. The van der Waals surface area contributed by atoms with E-state index < -0.39 is 0 Å². The van der Waals surface area contributed by atoms with Crippen LogP contribution in [0.1, 0.15) is 32.6 Å². The molecule has 13 heavy (non-hydrogen) atoms. The third kappa shape index (κ3) is 3.35. The summed E-state index contributed by atoms with van der Waals surface area (Å²) in [5.41, 5.74) is 5.61. The topological polar surface area (TPSA) is 46.3 Å². The fourth-order valence-corrected chi connectivity index (χ4v) is 1.63. The van der Waals surface area contributed by atoms with E-state index in [1.807, 2.05) is 14.0 Å². The average molecular weight is 184 g/mol. The van der Waals surface area contributed by atoms with Crippen molar-refractivity contribution in [3.8, 4) is 0 Å². The molecule has 3 heteroatoms. The molecule has 1 aliphatic rings. The largest absolute Gasteiger partial charge is 0.344 e. The molecule has 1 unspecified atom stereocenters. The summed E-state index contributed by atoms with van der Waals surface area (Å²) in [5.74, 6) is 0.907. The highest BCUT2D eigenvalue weighted by molar-refractivity contribution is 5.76. The van der Waals surface area contributed by atoms with E-state index >= 15 is 0 Å². The maximum Gasteiger partial charge on any atom is 0.222 e. The molecule has 0 aromatic rings. The van der Waals surface area contributed by atoms with Gasteiger partial charge in [-0.3, -0.25) is 4.79 Å². The van der Waals surface area contributed by atoms with Gasteiger partial charge in [-0.1, -0.05) is 6.42 Å². The summed E-state index contributed by atoms with van der Waals surface area (Å²) in [6.07, 6.45) is 4.49. The highest BCUT2D eigenvalue weighted by Crippen LogP contribution is 2.29.